The lowest BCUT2D eigenvalue weighted by atomic mass is 10.1. The van der Waals surface area contributed by atoms with E-state index >= 15 is 0 Å². The Balaban J connectivity index is 1.37. The van der Waals surface area contributed by atoms with Crippen molar-refractivity contribution >= 4 is 11.0 Å². The van der Waals surface area contributed by atoms with E-state index in [2.05, 4.69) is 107 Å². The molecule has 5 rings (SSSR count). The van der Waals surface area contributed by atoms with Crippen LogP contribution in [-0.4, -0.2) is 52.6 Å². The molecular weight excluding hydrogens is 380 g/mol. The molecule has 31 heavy (non-hydrogen) atoms. The molecule has 0 N–H and O–H groups in total. The van der Waals surface area contributed by atoms with E-state index in [1.54, 1.807) is 0 Å². The predicted octanol–water partition coefficient (Wildman–Crippen LogP) is 4.89. The average molecular weight is 411 g/mol. The van der Waals surface area contributed by atoms with Crippen molar-refractivity contribution in [3.05, 3.63) is 90.0 Å². The number of rotatable bonds is 6. The van der Waals surface area contributed by atoms with Crippen LogP contribution in [0.2, 0.25) is 0 Å². The topological polar surface area (TPSA) is 24.3 Å². The quantitative estimate of drug-likeness (QED) is 0.452. The average Bonchev–Trinajstić information content (AvgIpc) is 3.41. The van der Waals surface area contributed by atoms with Gasteiger partial charge in [0.2, 0.25) is 0 Å². The highest BCUT2D eigenvalue weighted by atomic mass is 15.2. The highest BCUT2D eigenvalue weighted by Crippen LogP contribution is 2.26. The first-order valence-corrected chi connectivity index (χ1v) is 11.1. The van der Waals surface area contributed by atoms with Gasteiger partial charge in [-0.05, 0) is 43.8 Å². The molecule has 4 nitrogen and oxygen atoms in total. The van der Waals surface area contributed by atoms with E-state index < -0.39 is 0 Å². The molecule has 2 heterocycles. The number of likely N-dealkylation sites (N-methyl/N-ethyl adjacent to an activating group) is 1. The summed E-state index contributed by atoms with van der Waals surface area (Å²) in [6.07, 6.45) is 1.26. The third-order valence-electron chi connectivity index (χ3n) is 6.43. The zero-order valence-electron chi connectivity index (χ0n) is 18.4. The molecular formula is C27H30N4. The minimum atomic E-state index is 0.685. The molecule has 1 fully saturated rings. The number of likely N-dealkylation sites (tertiary alicyclic amines) is 1. The second-order valence-electron chi connectivity index (χ2n) is 8.83. The summed E-state index contributed by atoms with van der Waals surface area (Å²) in [4.78, 5) is 9.85. The minimum Gasteiger partial charge on any atom is -0.319 e. The molecule has 1 aliphatic heterocycles. The molecule has 0 bridgehead atoms. The highest BCUT2D eigenvalue weighted by Gasteiger charge is 2.23. The summed E-state index contributed by atoms with van der Waals surface area (Å²) >= 11 is 0. The van der Waals surface area contributed by atoms with E-state index in [4.69, 9.17) is 4.98 Å². The number of benzene rings is 3. The first-order valence-electron chi connectivity index (χ1n) is 11.1. The SMILES string of the molecule is CN(C)[C@H]1CCN(Cc2ccc(Cn3c(-c4ccccc4)nc4ccccc43)cc2)C1. The van der Waals surface area contributed by atoms with Gasteiger partial charge in [0.25, 0.3) is 0 Å². The second-order valence-corrected chi connectivity index (χ2v) is 8.83. The summed E-state index contributed by atoms with van der Waals surface area (Å²) in [7, 11) is 4.37. The molecule has 1 saturated heterocycles. The summed E-state index contributed by atoms with van der Waals surface area (Å²) < 4.78 is 2.34. The molecule has 3 aromatic carbocycles. The van der Waals surface area contributed by atoms with Crippen molar-refractivity contribution in [2.75, 3.05) is 27.2 Å². The third kappa shape index (κ3) is 4.27. The van der Waals surface area contributed by atoms with E-state index in [1.807, 2.05) is 0 Å². The van der Waals surface area contributed by atoms with Gasteiger partial charge in [0.05, 0.1) is 11.0 Å². The van der Waals surface area contributed by atoms with Crippen molar-refractivity contribution < 1.29 is 0 Å². The first kappa shape index (κ1) is 20.0. The van der Waals surface area contributed by atoms with Gasteiger partial charge in [0, 0.05) is 37.8 Å². The van der Waals surface area contributed by atoms with Gasteiger partial charge in [-0.3, -0.25) is 4.90 Å². The van der Waals surface area contributed by atoms with Crippen LogP contribution in [0.3, 0.4) is 0 Å². The van der Waals surface area contributed by atoms with Crippen LogP contribution in [-0.2, 0) is 13.1 Å². The molecule has 1 atom stereocenters. The Morgan fingerprint density at radius 1 is 0.839 bits per heavy atom. The molecule has 1 aromatic heterocycles. The van der Waals surface area contributed by atoms with Crippen LogP contribution in [0.4, 0.5) is 0 Å². The summed E-state index contributed by atoms with van der Waals surface area (Å²) in [6, 6.07) is 28.7. The van der Waals surface area contributed by atoms with Crippen molar-refractivity contribution in [2.24, 2.45) is 0 Å². The Kier molecular flexibility index (Phi) is 5.58. The molecule has 4 aromatic rings. The molecule has 1 aliphatic rings. The largest absolute Gasteiger partial charge is 0.319 e. The van der Waals surface area contributed by atoms with Crippen LogP contribution >= 0.6 is 0 Å². The van der Waals surface area contributed by atoms with Crippen molar-refractivity contribution in [2.45, 2.75) is 25.6 Å². The molecule has 158 valence electrons. The number of aromatic nitrogens is 2. The predicted molar refractivity (Wildman–Crippen MR) is 128 cm³/mol. The van der Waals surface area contributed by atoms with E-state index in [0.717, 1.165) is 36.5 Å². The minimum absolute atomic E-state index is 0.685. The van der Waals surface area contributed by atoms with Crippen LogP contribution < -0.4 is 0 Å². The van der Waals surface area contributed by atoms with Crippen molar-refractivity contribution in [1.82, 2.24) is 19.4 Å². The third-order valence-corrected chi connectivity index (χ3v) is 6.43. The number of hydrogen-bond acceptors (Lipinski definition) is 3. The molecule has 0 saturated carbocycles. The molecule has 4 heteroatoms. The lowest BCUT2D eigenvalue weighted by molar-refractivity contribution is 0.264. The van der Waals surface area contributed by atoms with E-state index in [9.17, 15) is 0 Å². The van der Waals surface area contributed by atoms with Gasteiger partial charge in [0.15, 0.2) is 0 Å². The van der Waals surface area contributed by atoms with Gasteiger partial charge in [0.1, 0.15) is 5.82 Å². The first-order chi connectivity index (χ1) is 15.2. The van der Waals surface area contributed by atoms with Crippen LogP contribution in [0.5, 0.6) is 0 Å². The van der Waals surface area contributed by atoms with Crippen molar-refractivity contribution in [3.8, 4) is 11.4 Å². The second kappa shape index (κ2) is 8.66. The normalized spacial score (nSPS) is 17.1. The molecule has 0 amide bonds. The van der Waals surface area contributed by atoms with Gasteiger partial charge in [-0.2, -0.15) is 0 Å². The Hall–Kier alpha value is -2.95. The number of fused-ring (bicyclic) bond motifs is 1. The maximum atomic E-state index is 4.94. The Morgan fingerprint density at radius 3 is 2.23 bits per heavy atom. The number of para-hydroxylation sites is 2. The fourth-order valence-corrected chi connectivity index (χ4v) is 4.61. The van der Waals surface area contributed by atoms with E-state index in [0.29, 0.717) is 6.04 Å². The van der Waals surface area contributed by atoms with Crippen molar-refractivity contribution in [1.29, 1.82) is 0 Å². The lowest BCUT2D eigenvalue weighted by Crippen LogP contribution is -2.31. The number of hydrogen-bond donors (Lipinski definition) is 0. The lowest BCUT2D eigenvalue weighted by Gasteiger charge is -2.20. The maximum absolute atomic E-state index is 4.94. The number of nitrogens with zero attached hydrogens (tertiary/aromatic N) is 4. The Morgan fingerprint density at radius 2 is 1.52 bits per heavy atom. The monoisotopic (exact) mass is 410 g/mol. The maximum Gasteiger partial charge on any atom is 0.141 e. The van der Waals surface area contributed by atoms with E-state index in [-0.39, 0.29) is 0 Å². The van der Waals surface area contributed by atoms with Gasteiger partial charge in [-0.25, -0.2) is 4.98 Å². The van der Waals surface area contributed by atoms with Crippen LogP contribution in [0.25, 0.3) is 22.4 Å². The molecule has 0 unspecified atom stereocenters. The van der Waals surface area contributed by atoms with Gasteiger partial charge in [-0.15, -0.1) is 0 Å². The van der Waals surface area contributed by atoms with E-state index in [1.165, 1.54) is 29.6 Å². The van der Waals surface area contributed by atoms with Gasteiger partial charge in [-0.1, -0.05) is 66.7 Å². The van der Waals surface area contributed by atoms with Crippen LogP contribution in [0.15, 0.2) is 78.9 Å². The van der Waals surface area contributed by atoms with Gasteiger partial charge < -0.3 is 9.47 Å². The Labute approximate surface area is 184 Å². The molecule has 0 radical (unpaired) electrons. The zero-order chi connectivity index (χ0) is 21.2. The van der Waals surface area contributed by atoms with Crippen LogP contribution in [0.1, 0.15) is 17.5 Å². The fourth-order valence-electron chi connectivity index (χ4n) is 4.61. The smallest absolute Gasteiger partial charge is 0.141 e. The zero-order valence-corrected chi connectivity index (χ0v) is 18.4. The summed E-state index contributed by atoms with van der Waals surface area (Å²) in [5.74, 6) is 1.03. The Bertz CT molecular complexity index is 1150. The summed E-state index contributed by atoms with van der Waals surface area (Å²) in [5, 5.41) is 0. The molecule has 0 aliphatic carbocycles. The van der Waals surface area contributed by atoms with Crippen molar-refractivity contribution in [3.63, 3.8) is 0 Å². The fraction of sp³-hybridized carbons (Fsp3) is 0.296. The van der Waals surface area contributed by atoms with Gasteiger partial charge >= 0.3 is 0 Å². The number of imidazole rings is 1. The van der Waals surface area contributed by atoms with Crippen LogP contribution in [0, 0.1) is 0 Å². The standard InChI is InChI=1S/C27H30N4/c1-29(2)24-16-17-30(20-24)18-21-12-14-22(15-13-21)19-31-26-11-7-6-10-25(26)28-27(31)23-8-4-3-5-9-23/h3-15,24H,16-20H2,1-2H3/t24-/m0/s1. The highest BCUT2D eigenvalue weighted by molar-refractivity contribution is 5.80. The summed E-state index contributed by atoms with van der Waals surface area (Å²) in [6.45, 7) is 4.20. The summed E-state index contributed by atoms with van der Waals surface area (Å²) in [5.41, 5.74) is 6.07. The molecule has 0 spiro atoms.